The fourth-order valence-corrected chi connectivity index (χ4v) is 4.00. The number of benzene rings is 3. The van der Waals surface area contributed by atoms with Crippen molar-refractivity contribution in [3.63, 3.8) is 0 Å². The van der Waals surface area contributed by atoms with E-state index in [4.69, 9.17) is 0 Å². The van der Waals surface area contributed by atoms with Crippen LogP contribution in [-0.4, -0.2) is 18.0 Å². The third-order valence-electron chi connectivity index (χ3n) is 5.47. The number of likely N-dealkylation sites (tertiary alicyclic amines) is 1. The Labute approximate surface area is 163 Å². The van der Waals surface area contributed by atoms with Gasteiger partial charge in [-0.15, -0.1) is 0 Å². The zero-order chi connectivity index (χ0) is 18.3. The molecule has 0 amide bonds. The maximum Gasteiger partial charge on any atom is 0.0351 e. The minimum Gasteiger partial charge on any atom is -0.293 e. The van der Waals surface area contributed by atoms with E-state index in [9.17, 15) is 0 Å². The number of nitrogens with zero attached hydrogens (tertiary/aromatic N) is 1. The predicted octanol–water partition coefficient (Wildman–Crippen LogP) is 6.59. The van der Waals surface area contributed by atoms with Gasteiger partial charge in [-0.2, -0.15) is 0 Å². The minimum atomic E-state index is 0.531. The molecule has 0 bridgehead atoms. The van der Waals surface area contributed by atoms with Crippen molar-refractivity contribution in [3.05, 3.63) is 102 Å². The molecule has 0 saturated carbocycles. The van der Waals surface area contributed by atoms with E-state index in [-0.39, 0.29) is 0 Å². The summed E-state index contributed by atoms with van der Waals surface area (Å²) in [4.78, 5) is 2.63. The molecule has 0 aliphatic carbocycles. The normalized spacial score (nSPS) is 18.0. The Balaban J connectivity index is 1.46. The van der Waals surface area contributed by atoms with Crippen LogP contribution in [0.4, 0.5) is 0 Å². The van der Waals surface area contributed by atoms with Crippen LogP contribution < -0.4 is 0 Å². The summed E-state index contributed by atoms with van der Waals surface area (Å²) in [6, 6.07) is 30.9. The van der Waals surface area contributed by atoms with Gasteiger partial charge in [-0.05, 0) is 41.6 Å². The van der Waals surface area contributed by atoms with E-state index >= 15 is 0 Å². The SMILES string of the molecule is C(=C\c1ccccc1)/CN1CCCCC1c1ccc(-c2ccccc2)cc1. The second-order valence-corrected chi connectivity index (χ2v) is 7.31. The van der Waals surface area contributed by atoms with Crippen LogP contribution in [0.3, 0.4) is 0 Å². The van der Waals surface area contributed by atoms with Gasteiger partial charge < -0.3 is 0 Å². The standard InChI is InChI=1S/C26H27N/c1-3-10-22(11-4-1)12-9-21-27-20-8-7-15-26(27)25-18-16-24(17-19-25)23-13-5-2-6-14-23/h1-6,9-14,16-19,26H,7-8,15,20-21H2/b12-9+. The molecule has 1 aliphatic heterocycles. The van der Waals surface area contributed by atoms with Gasteiger partial charge in [0.05, 0.1) is 0 Å². The lowest BCUT2D eigenvalue weighted by Gasteiger charge is -2.35. The molecule has 1 unspecified atom stereocenters. The van der Waals surface area contributed by atoms with E-state index in [0.29, 0.717) is 6.04 Å². The molecule has 1 saturated heterocycles. The van der Waals surface area contributed by atoms with Crippen molar-refractivity contribution in [1.82, 2.24) is 4.90 Å². The fraction of sp³-hybridized carbons (Fsp3) is 0.231. The van der Waals surface area contributed by atoms with Crippen molar-refractivity contribution in [2.24, 2.45) is 0 Å². The molecule has 3 aromatic rings. The molecule has 1 fully saturated rings. The Morgan fingerprint density at radius 1 is 0.741 bits per heavy atom. The van der Waals surface area contributed by atoms with Crippen LogP contribution in [0.15, 0.2) is 91.0 Å². The van der Waals surface area contributed by atoms with Crippen molar-refractivity contribution in [1.29, 1.82) is 0 Å². The lowest BCUT2D eigenvalue weighted by Crippen LogP contribution is -2.33. The lowest BCUT2D eigenvalue weighted by atomic mass is 9.93. The highest BCUT2D eigenvalue weighted by molar-refractivity contribution is 5.63. The largest absolute Gasteiger partial charge is 0.293 e. The molecule has 1 heterocycles. The highest BCUT2D eigenvalue weighted by Crippen LogP contribution is 2.32. The molecule has 0 N–H and O–H groups in total. The summed E-state index contributed by atoms with van der Waals surface area (Å²) in [7, 11) is 0. The maximum absolute atomic E-state index is 2.63. The summed E-state index contributed by atoms with van der Waals surface area (Å²) in [6.45, 7) is 2.20. The van der Waals surface area contributed by atoms with Crippen LogP contribution >= 0.6 is 0 Å². The first kappa shape index (κ1) is 17.8. The van der Waals surface area contributed by atoms with Crippen molar-refractivity contribution >= 4 is 6.08 Å². The molecule has 1 aliphatic rings. The summed E-state index contributed by atoms with van der Waals surface area (Å²) in [6.07, 6.45) is 8.43. The molecule has 1 nitrogen and oxygen atoms in total. The van der Waals surface area contributed by atoms with Gasteiger partial charge in [0.25, 0.3) is 0 Å². The Kier molecular flexibility index (Phi) is 5.81. The van der Waals surface area contributed by atoms with Crippen molar-refractivity contribution < 1.29 is 0 Å². The van der Waals surface area contributed by atoms with Crippen LogP contribution in [0.5, 0.6) is 0 Å². The Morgan fingerprint density at radius 2 is 1.41 bits per heavy atom. The van der Waals surface area contributed by atoms with Crippen molar-refractivity contribution in [2.45, 2.75) is 25.3 Å². The number of hydrogen-bond acceptors (Lipinski definition) is 1. The van der Waals surface area contributed by atoms with E-state index in [2.05, 4.69) is 102 Å². The van der Waals surface area contributed by atoms with Crippen LogP contribution in [-0.2, 0) is 0 Å². The van der Waals surface area contributed by atoms with Gasteiger partial charge in [0, 0.05) is 12.6 Å². The predicted molar refractivity (Wildman–Crippen MR) is 116 cm³/mol. The Bertz CT molecular complexity index is 850. The molecule has 3 aromatic carbocycles. The molecule has 0 aromatic heterocycles. The van der Waals surface area contributed by atoms with E-state index in [0.717, 1.165) is 6.54 Å². The zero-order valence-corrected chi connectivity index (χ0v) is 15.8. The van der Waals surface area contributed by atoms with Gasteiger partial charge in [0.15, 0.2) is 0 Å². The average molecular weight is 354 g/mol. The highest BCUT2D eigenvalue weighted by Gasteiger charge is 2.22. The monoisotopic (exact) mass is 353 g/mol. The molecule has 27 heavy (non-hydrogen) atoms. The van der Waals surface area contributed by atoms with Crippen LogP contribution in [0.2, 0.25) is 0 Å². The summed E-state index contributed by atoms with van der Waals surface area (Å²) in [5.74, 6) is 0. The van der Waals surface area contributed by atoms with E-state index in [1.54, 1.807) is 0 Å². The molecular weight excluding hydrogens is 326 g/mol. The fourth-order valence-electron chi connectivity index (χ4n) is 4.00. The summed E-state index contributed by atoms with van der Waals surface area (Å²) in [5.41, 5.74) is 5.31. The molecule has 0 radical (unpaired) electrons. The summed E-state index contributed by atoms with van der Waals surface area (Å²) in [5, 5.41) is 0. The van der Waals surface area contributed by atoms with Crippen LogP contribution in [0, 0.1) is 0 Å². The molecular formula is C26H27N. The van der Waals surface area contributed by atoms with Gasteiger partial charge >= 0.3 is 0 Å². The topological polar surface area (TPSA) is 3.24 Å². The number of piperidine rings is 1. The first-order valence-electron chi connectivity index (χ1n) is 10.0. The van der Waals surface area contributed by atoms with Crippen LogP contribution in [0.25, 0.3) is 17.2 Å². The van der Waals surface area contributed by atoms with Crippen molar-refractivity contribution in [2.75, 3.05) is 13.1 Å². The third-order valence-corrected chi connectivity index (χ3v) is 5.47. The van der Waals surface area contributed by atoms with Gasteiger partial charge in [-0.1, -0.05) is 104 Å². The average Bonchev–Trinajstić information content (AvgIpc) is 2.76. The molecule has 0 spiro atoms. The van der Waals surface area contributed by atoms with Gasteiger partial charge in [-0.25, -0.2) is 0 Å². The quantitative estimate of drug-likeness (QED) is 0.500. The van der Waals surface area contributed by atoms with Gasteiger partial charge in [-0.3, -0.25) is 4.90 Å². The van der Waals surface area contributed by atoms with Crippen LogP contribution in [0.1, 0.15) is 36.4 Å². The summed E-state index contributed by atoms with van der Waals surface area (Å²) >= 11 is 0. The Morgan fingerprint density at radius 3 is 2.15 bits per heavy atom. The number of hydrogen-bond donors (Lipinski definition) is 0. The minimum absolute atomic E-state index is 0.531. The van der Waals surface area contributed by atoms with Gasteiger partial charge in [0.1, 0.15) is 0 Å². The molecule has 136 valence electrons. The maximum atomic E-state index is 2.63. The first-order chi connectivity index (χ1) is 13.4. The second-order valence-electron chi connectivity index (χ2n) is 7.31. The van der Waals surface area contributed by atoms with E-state index in [1.165, 1.54) is 48.1 Å². The zero-order valence-electron chi connectivity index (χ0n) is 15.8. The highest BCUT2D eigenvalue weighted by atomic mass is 15.2. The second kappa shape index (κ2) is 8.83. The third kappa shape index (κ3) is 4.56. The van der Waals surface area contributed by atoms with E-state index < -0.39 is 0 Å². The van der Waals surface area contributed by atoms with Gasteiger partial charge in [0.2, 0.25) is 0 Å². The first-order valence-corrected chi connectivity index (χ1v) is 10.0. The van der Waals surface area contributed by atoms with E-state index in [1.807, 2.05) is 0 Å². The molecule has 4 rings (SSSR count). The molecule has 1 heteroatoms. The summed E-state index contributed by atoms with van der Waals surface area (Å²) < 4.78 is 0. The van der Waals surface area contributed by atoms with Crippen molar-refractivity contribution in [3.8, 4) is 11.1 Å². The smallest absolute Gasteiger partial charge is 0.0351 e. The number of rotatable bonds is 5. The Hall–Kier alpha value is -2.64. The molecule has 1 atom stereocenters. The lowest BCUT2D eigenvalue weighted by molar-refractivity contribution is 0.166.